The van der Waals surface area contributed by atoms with Crippen LogP contribution in [0.1, 0.15) is 81.5 Å². The van der Waals surface area contributed by atoms with Gasteiger partial charge in [0.2, 0.25) is 5.91 Å². The Bertz CT molecular complexity index is 1220. The quantitative estimate of drug-likeness (QED) is 0.462. The average molecular weight is 503 g/mol. The molecule has 6 aliphatic rings. The first-order chi connectivity index (χ1) is 17.0. The molecule has 36 heavy (non-hydrogen) atoms. The highest BCUT2D eigenvalue weighted by atomic mass is 19.4. The van der Waals surface area contributed by atoms with Crippen molar-refractivity contribution in [2.75, 3.05) is 11.4 Å². The van der Waals surface area contributed by atoms with E-state index in [4.69, 9.17) is 0 Å². The highest BCUT2D eigenvalue weighted by Gasteiger charge is 2.69. The van der Waals surface area contributed by atoms with Crippen LogP contribution >= 0.6 is 0 Å². The zero-order valence-electron chi connectivity index (χ0n) is 19.7. The topological polar surface area (TPSA) is 83.0 Å². The second-order valence-electron chi connectivity index (χ2n) is 11.7. The molecule has 4 bridgehead atoms. The molecule has 0 atom stereocenters. The van der Waals surface area contributed by atoms with Crippen molar-refractivity contribution in [1.82, 2.24) is 10.1 Å². The molecule has 6 aliphatic carbocycles. The van der Waals surface area contributed by atoms with Gasteiger partial charge in [-0.2, -0.15) is 23.4 Å². The number of carbonyl (C=O) groups excluding carboxylic acids is 1. The molecular weight excluding hydrogens is 476 g/mol. The number of halogens is 4. The van der Waals surface area contributed by atoms with E-state index in [1.54, 1.807) is 23.1 Å². The molecule has 6 nitrogen and oxygen atoms in total. The molecule has 190 valence electrons. The molecule has 1 heterocycles. The number of nitriles is 1. The molecule has 0 N–H and O–H groups in total. The minimum Gasteiger partial charge on any atom is -0.329 e. The normalized spacial score (nSPS) is 34.4. The number of rotatable bonds is 6. The van der Waals surface area contributed by atoms with E-state index >= 15 is 0 Å². The number of nitrogens with zero attached hydrogens (tertiary/aromatic N) is 4. The Morgan fingerprint density at radius 3 is 2.31 bits per heavy atom. The Morgan fingerprint density at radius 1 is 1.08 bits per heavy atom. The molecule has 0 unspecified atom stereocenters. The summed E-state index contributed by atoms with van der Waals surface area (Å²) in [6.45, 7) is 0.466. The minimum absolute atomic E-state index is 0.0587. The van der Waals surface area contributed by atoms with Crippen molar-refractivity contribution in [3.05, 3.63) is 41.5 Å². The first kappa shape index (κ1) is 23.4. The maximum atomic E-state index is 14.1. The molecule has 0 spiro atoms. The summed E-state index contributed by atoms with van der Waals surface area (Å²) in [6, 6.07) is 9.10. The maximum absolute atomic E-state index is 14.1. The second-order valence-corrected chi connectivity index (χ2v) is 11.7. The summed E-state index contributed by atoms with van der Waals surface area (Å²) in [7, 11) is 0. The van der Waals surface area contributed by atoms with Crippen LogP contribution in [0.15, 0.2) is 28.8 Å². The number of amides is 1. The number of hydrogen-bond donors (Lipinski definition) is 0. The van der Waals surface area contributed by atoms with Crippen LogP contribution in [-0.2, 0) is 16.4 Å². The summed E-state index contributed by atoms with van der Waals surface area (Å²) in [4.78, 5) is 19.0. The summed E-state index contributed by atoms with van der Waals surface area (Å²) in [5, 5.41) is 13.1. The molecule has 2 aromatic rings. The minimum atomic E-state index is -4.67. The molecule has 1 aromatic heterocycles. The number of hydrogen-bond acceptors (Lipinski definition) is 5. The Labute approximate surface area is 205 Å². The molecule has 10 heteroatoms. The van der Waals surface area contributed by atoms with Crippen LogP contribution in [0, 0.1) is 22.2 Å². The lowest BCUT2D eigenvalue weighted by atomic mass is 9.41. The van der Waals surface area contributed by atoms with Gasteiger partial charge in [0, 0.05) is 24.1 Å². The van der Waals surface area contributed by atoms with Gasteiger partial charge in [-0.3, -0.25) is 4.79 Å². The number of carbonyl (C=O) groups is 1. The molecule has 1 aromatic carbocycles. The maximum Gasteiger partial charge on any atom is 0.471 e. The fourth-order valence-corrected chi connectivity index (χ4v) is 7.26. The van der Waals surface area contributed by atoms with Gasteiger partial charge in [-0.25, -0.2) is 4.39 Å². The van der Waals surface area contributed by atoms with E-state index in [1.165, 1.54) is 0 Å². The van der Waals surface area contributed by atoms with Crippen molar-refractivity contribution in [2.24, 2.45) is 10.8 Å². The molecule has 0 radical (unpaired) electrons. The molecule has 8 rings (SSSR count). The van der Waals surface area contributed by atoms with Gasteiger partial charge in [0.25, 0.3) is 0 Å². The van der Waals surface area contributed by atoms with Crippen molar-refractivity contribution >= 4 is 11.6 Å². The van der Waals surface area contributed by atoms with Gasteiger partial charge < -0.3 is 9.42 Å². The summed E-state index contributed by atoms with van der Waals surface area (Å²) < 4.78 is 57.6. The number of aromatic nitrogens is 2. The SMILES string of the molecule is N#Cc1cccc(N(CC23CCC(c4noc(C(F)(F)F)n4)(CC2)CC3)C(=O)CC23CC(F)(C2)C3)c1. The lowest BCUT2D eigenvalue weighted by Crippen LogP contribution is -2.65. The van der Waals surface area contributed by atoms with Gasteiger partial charge in [0.15, 0.2) is 5.82 Å². The fourth-order valence-electron chi connectivity index (χ4n) is 7.26. The van der Waals surface area contributed by atoms with Crippen LogP contribution < -0.4 is 4.90 Å². The number of fused-ring (bicyclic) bond motifs is 3. The zero-order chi connectivity index (χ0) is 25.4. The summed E-state index contributed by atoms with van der Waals surface area (Å²) in [6.07, 6.45) is 0.988. The van der Waals surface area contributed by atoms with Crippen molar-refractivity contribution in [3.63, 3.8) is 0 Å². The van der Waals surface area contributed by atoms with E-state index in [-0.39, 0.29) is 22.6 Å². The molecule has 0 saturated heterocycles. The van der Waals surface area contributed by atoms with E-state index in [9.17, 15) is 27.6 Å². The first-order valence-corrected chi connectivity index (χ1v) is 12.4. The molecule has 6 fully saturated rings. The largest absolute Gasteiger partial charge is 0.471 e. The van der Waals surface area contributed by atoms with Crippen molar-refractivity contribution in [2.45, 2.75) is 81.5 Å². The average Bonchev–Trinajstić information content (AvgIpc) is 3.34. The summed E-state index contributed by atoms with van der Waals surface area (Å²) in [5.74, 6) is -1.25. The van der Waals surface area contributed by atoms with E-state index in [0.29, 0.717) is 62.7 Å². The van der Waals surface area contributed by atoms with E-state index in [2.05, 4.69) is 20.7 Å². The van der Waals surface area contributed by atoms with Crippen LogP contribution in [-0.4, -0.2) is 28.3 Å². The smallest absolute Gasteiger partial charge is 0.329 e. The number of alkyl halides is 4. The second kappa shape index (κ2) is 7.53. The fraction of sp³-hybridized carbons (Fsp3) is 0.615. The predicted octanol–water partition coefficient (Wildman–Crippen LogP) is 5.87. The van der Waals surface area contributed by atoms with Crippen LogP contribution in [0.5, 0.6) is 0 Å². The van der Waals surface area contributed by atoms with E-state index in [0.717, 1.165) is 19.3 Å². The van der Waals surface area contributed by atoms with Crippen LogP contribution in [0.2, 0.25) is 0 Å². The van der Waals surface area contributed by atoms with Gasteiger partial charge >= 0.3 is 12.1 Å². The molecule has 1 amide bonds. The third kappa shape index (κ3) is 3.70. The standard InChI is InChI=1S/C26H26F4N4O2/c27-25-13-23(14-25,15-25)11-19(35)34(18-3-1-2-17(10-18)12-31)16-22-4-7-24(8-5-22,9-6-22)20-32-21(36-33-20)26(28,29)30/h1-3,10H,4-9,11,13-16H2. The third-order valence-corrected chi connectivity index (χ3v) is 9.23. The highest BCUT2D eigenvalue weighted by molar-refractivity contribution is 5.94. The first-order valence-electron chi connectivity index (χ1n) is 12.4. The number of benzene rings is 1. The van der Waals surface area contributed by atoms with Crippen LogP contribution in [0.4, 0.5) is 23.2 Å². The Kier molecular flexibility index (Phi) is 4.90. The lowest BCUT2D eigenvalue weighted by molar-refractivity contribution is -0.215. The molecular formula is C26H26F4N4O2. The van der Waals surface area contributed by atoms with Crippen LogP contribution in [0.3, 0.4) is 0 Å². The lowest BCUT2D eigenvalue weighted by Gasteiger charge is -2.66. The Morgan fingerprint density at radius 2 is 1.75 bits per heavy atom. The zero-order valence-corrected chi connectivity index (χ0v) is 19.7. The Hall–Kier alpha value is -2.96. The van der Waals surface area contributed by atoms with E-state index in [1.807, 2.05) is 6.07 Å². The van der Waals surface area contributed by atoms with Crippen molar-refractivity contribution in [1.29, 1.82) is 5.26 Å². The number of anilines is 1. The van der Waals surface area contributed by atoms with E-state index < -0.39 is 23.2 Å². The Balaban J connectivity index is 1.22. The third-order valence-electron chi connectivity index (χ3n) is 9.23. The summed E-state index contributed by atoms with van der Waals surface area (Å²) >= 11 is 0. The molecule has 0 aliphatic heterocycles. The van der Waals surface area contributed by atoms with Gasteiger partial charge in [-0.1, -0.05) is 11.2 Å². The van der Waals surface area contributed by atoms with Gasteiger partial charge in [-0.05, 0) is 86.8 Å². The van der Waals surface area contributed by atoms with Gasteiger partial charge in [-0.15, -0.1) is 0 Å². The van der Waals surface area contributed by atoms with Crippen molar-refractivity contribution < 1.29 is 26.9 Å². The van der Waals surface area contributed by atoms with Gasteiger partial charge in [0.05, 0.1) is 11.6 Å². The highest BCUT2D eigenvalue weighted by Crippen LogP contribution is 2.71. The monoisotopic (exact) mass is 502 g/mol. The molecule has 6 saturated carbocycles. The van der Waals surface area contributed by atoms with Gasteiger partial charge in [0.1, 0.15) is 5.67 Å². The summed E-state index contributed by atoms with van der Waals surface area (Å²) in [5.41, 5.74) is -0.923. The predicted molar refractivity (Wildman–Crippen MR) is 119 cm³/mol. The van der Waals surface area contributed by atoms with Crippen LogP contribution in [0.25, 0.3) is 0 Å². The van der Waals surface area contributed by atoms with Crippen molar-refractivity contribution in [3.8, 4) is 6.07 Å².